The van der Waals surface area contributed by atoms with Crippen LogP contribution >= 0.6 is 0 Å². The number of piperidine rings is 1. The van der Waals surface area contributed by atoms with Crippen molar-refractivity contribution < 1.29 is 27.8 Å². The van der Waals surface area contributed by atoms with Gasteiger partial charge in [-0.15, -0.1) is 0 Å². The molecule has 1 saturated heterocycles. The predicted molar refractivity (Wildman–Crippen MR) is 64.2 cm³/mol. The fourth-order valence-electron chi connectivity index (χ4n) is 2.78. The Bertz CT molecular complexity index is 691. The van der Waals surface area contributed by atoms with E-state index in [9.17, 15) is 28.4 Å². The Morgan fingerprint density at radius 3 is 2.52 bits per heavy atom. The number of benzene rings is 1. The number of nitrogens with one attached hydrogen (secondary N) is 1. The number of hydroxylamine groups is 3. The Labute approximate surface area is 117 Å². The predicted octanol–water partition coefficient (Wildman–Crippen LogP) is 0.738. The molecular formula is C13H10F2N2O4. The number of rotatable bonds is 1. The van der Waals surface area contributed by atoms with Crippen LogP contribution in [0.3, 0.4) is 0 Å². The number of quaternary nitrogens is 1. The van der Waals surface area contributed by atoms with Crippen molar-refractivity contribution in [3.63, 3.8) is 0 Å². The number of nitrogens with zero attached hydrogens (tertiary/aromatic N) is 1. The van der Waals surface area contributed by atoms with Crippen molar-refractivity contribution in [1.82, 2.24) is 5.32 Å². The molecule has 6 nitrogen and oxygen atoms in total. The molecule has 2 aliphatic heterocycles. The van der Waals surface area contributed by atoms with Gasteiger partial charge in [0.1, 0.15) is 6.54 Å². The molecule has 0 aliphatic carbocycles. The van der Waals surface area contributed by atoms with Gasteiger partial charge in [-0.1, -0.05) is 0 Å². The fourth-order valence-corrected chi connectivity index (χ4v) is 2.78. The van der Waals surface area contributed by atoms with Crippen LogP contribution in [0.4, 0.5) is 8.78 Å². The Morgan fingerprint density at radius 1 is 1.19 bits per heavy atom. The molecule has 1 aromatic rings. The van der Waals surface area contributed by atoms with Gasteiger partial charge in [0.25, 0.3) is 5.91 Å². The van der Waals surface area contributed by atoms with E-state index in [0.29, 0.717) is 6.07 Å². The lowest BCUT2D eigenvalue weighted by Crippen LogP contribution is -2.60. The molecule has 3 rings (SSSR count). The van der Waals surface area contributed by atoms with Crippen LogP contribution < -0.4 is 5.32 Å². The number of hydrogen-bond donors (Lipinski definition) is 1. The van der Waals surface area contributed by atoms with Crippen molar-refractivity contribution in [3.05, 3.63) is 40.1 Å². The fraction of sp³-hybridized carbons (Fsp3) is 0.308. The van der Waals surface area contributed by atoms with E-state index in [1.807, 2.05) is 5.32 Å². The summed E-state index contributed by atoms with van der Waals surface area (Å²) in [5, 5.41) is 14.8. The Hall–Kier alpha value is -2.19. The van der Waals surface area contributed by atoms with E-state index >= 15 is 0 Å². The van der Waals surface area contributed by atoms with E-state index in [-0.39, 0.29) is 24.0 Å². The second-order valence-corrected chi connectivity index (χ2v) is 5.15. The van der Waals surface area contributed by atoms with E-state index in [0.717, 1.165) is 6.07 Å². The quantitative estimate of drug-likeness (QED) is 0.470. The monoisotopic (exact) mass is 296 g/mol. The summed E-state index contributed by atoms with van der Waals surface area (Å²) in [6.07, 6.45) is -0.121. The lowest BCUT2D eigenvalue weighted by molar-refractivity contribution is -0.825. The normalized spacial score (nSPS) is 28.5. The third-order valence-corrected chi connectivity index (χ3v) is 3.84. The molecule has 2 heterocycles. The van der Waals surface area contributed by atoms with Crippen LogP contribution in [-0.2, 0) is 16.1 Å². The van der Waals surface area contributed by atoms with Crippen molar-refractivity contribution >= 4 is 17.7 Å². The first-order valence-electron chi connectivity index (χ1n) is 6.28. The zero-order valence-corrected chi connectivity index (χ0v) is 10.7. The highest BCUT2D eigenvalue weighted by Gasteiger charge is 2.49. The Kier molecular flexibility index (Phi) is 2.89. The van der Waals surface area contributed by atoms with E-state index in [4.69, 9.17) is 0 Å². The molecule has 0 saturated carbocycles. The van der Waals surface area contributed by atoms with Gasteiger partial charge in [0.05, 0.1) is 5.56 Å². The minimum Gasteiger partial charge on any atom is -0.624 e. The maximum absolute atomic E-state index is 13.2. The van der Waals surface area contributed by atoms with Gasteiger partial charge >= 0.3 is 5.91 Å². The molecule has 2 unspecified atom stereocenters. The zero-order valence-electron chi connectivity index (χ0n) is 10.7. The van der Waals surface area contributed by atoms with Crippen molar-refractivity contribution in [1.29, 1.82) is 0 Å². The topological polar surface area (TPSA) is 86.3 Å². The van der Waals surface area contributed by atoms with Gasteiger partial charge in [-0.25, -0.2) is 13.6 Å². The highest BCUT2D eigenvalue weighted by molar-refractivity contribution is 6.02. The number of fused-ring (bicyclic) bond motifs is 1. The smallest absolute Gasteiger partial charge is 0.347 e. The third kappa shape index (κ3) is 1.95. The van der Waals surface area contributed by atoms with Crippen molar-refractivity contribution in [3.8, 4) is 0 Å². The van der Waals surface area contributed by atoms with E-state index < -0.39 is 46.6 Å². The molecule has 2 atom stereocenters. The third-order valence-electron chi connectivity index (χ3n) is 3.84. The molecule has 0 radical (unpaired) electrons. The number of imide groups is 1. The number of hydrogen-bond acceptors (Lipinski definition) is 4. The molecule has 0 spiro atoms. The summed E-state index contributed by atoms with van der Waals surface area (Å²) >= 11 is 0. The zero-order chi connectivity index (χ0) is 15.4. The second kappa shape index (κ2) is 4.40. The van der Waals surface area contributed by atoms with Gasteiger partial charge < -0.3 is 5.21 Å². The first-order chi connectivity index (χ1) is 9.83. The van der Waals surface area contributed by atoms with Gasteiger partial charge in [-0.05, 0) is 12.1 Å². The van der Waals surface area contributed by atoms with Crippen molar-refractivity contribution in [2.24, 2.45) is 0 Å². The van der Waals surface area contributed by atoms with Gasteiger partial charge in [-0.3, -0.25) is 19.6 Å². The van der Waals surface area contributed by atoms with Crippen molar-refractivity contribution in [2.75, 3.05) is 0 Å². The van der Waals surface area contributed by atoms with Gasteiger partial charge in [-0.2, -0.15) is 0 Å². The summed E-state index contributed by atoms with van der Waals surface area (Å²) in [5.74, 6) is -4.71. The summed E-state index contributed by atoms with van der Waals surface area (Å²) in [4.78, 5) is 35.1. The highest BCUT2D eigenvalue weighted by Crippen LogP contribution is 2.35. The summed E-state index contributed by atoms with van der Waals surface area (Å²) in [7, 11) is 0. The average molecular weight is 296 g/mol. The molecule has 3 amide bonds. The molecule has 8 heteroatoms. The standard InChI is InChI=1S/C13H10F2N2O4/c14-8-3-6-5-17(21,13(20)7(6)4-9(8)15)10-1-2-11(18)16-12(10)19/h3-4,10H,1-2,5H2,(H,16,18,19). The van der Waals surface area contributed by atoms with Crippen LogP contribution in [0, 0.1) is 16.8 Å². The highest BCUT2D eigenvalue weighted by atomic mass is 19.2. The number of halogens is 2. The van der Waals surface area contributed by atoms with Crippen LogP contribution in [-0.4, -0.2) is 28.4 Å². The second-order valence-electron chi connectivity index (χ2n) is 5.15. The maximum atomic E-state index is 13.2. The van der Waals surface area contributed by atoms with Crippen LogP contribution in [0.1, 0.15) is 28.8 Å². The maximum Gasteiger partial charge on any atom is 0.347 e. The average Bonchev–Trinajstić information content (AvgIpc) is 2.64. The number of amides is 3. The lowest BCUT2D eigenvalue weighted by atomic mass is 10.0. The largest absolute Gasteiger partial charge is 0.624 e. The summed E-state index contributed by atoms with van der Waals surface area (Å²) in [6.45, 7) is -0.447. The van der Waals surface area contributed by atoms with Crippen LogP contribution in [0.2, 0.25) is 0 Å². The molecule has 0 bridgehead atoms. The Balaban J connectivity index is 1.99. The molecule has 0 aromatic heterocycles. The number of carbonyl (C=O) groups is 3. The summed E-state index contributed by atoms with van der Waals surface area (Å²) in [6, 6.07) is 0.192. The summed E-state index contributed by atoms with van der Waals surface area (Å²) < 4.78 is 24.9. The molecule has 110 valence electrons. The lowest BCUT2D eigenvalue weighted by Gasteiger charge is -2.42. The SMILES string of the molecule is O=C1CCC([N+]2([O-])Cc3cc(F)c(F)cc3C2=O)C(=O)N1. The van der Waals surface area contributed by atoms with Gasteiger partial charge in [0.2, 0.25) is 5.91 Å². The first-order valence-corrected chi connectivity index (χ1v) is 6.28. The molecule has 2 aliphatic rings. The van der Waals surface area contributed by atoms with Crippen molar-refractivity contribution in [2.45, 2.75) is 25.4 Å². The summed E-state index contributed by atoms with van der Waals surface area (Å²) in [5.41, 5.74) is -0.146. The molecule has 1 fully saturated rings. The van der Waals surface area contributed by atoms with Crippen LogP contribution in [0.25, 0.3) is 0 Å². The first kappa shape index (κ1) is 13.8. The van der Waals surface area contributed by atoms with E-state index in [1.165, 1.54) is 0 Å². The Morgan fingerprint density at radius 2 is 1.86 bits per heavy atom. The van der Waals surface area contributed by atoms with E-state index in [1.54, 1.807) is 0 Å². The molecule has 1 aromatic carbocycles. The minimum atomic E-state index is -1.54. The molecular weight excluding hydrogens is 286 g/mol. The minimum absolute atomic E-state index is 0.0506. The van der Waals surface area contributed by atoms with Gasteiger partial charge in [0.15, 0.2) is 17.7 Å². The van der Waals surface area contributed by atoms with Crippen LogP contribution in [0.15, 0.2) is 12.1 Å². The molecule has 1 N–H and O–H groups in total. The van der Waals surface area contributed by atoms with E-state index in [2.05, 4.69) is 0 Å². The molecule has 21 heavy (non-hydrogen) atoms. The van der Waals surface area contributed by atoms with Gasteiger partial charge in [0, 0.05) is 18.4 Å². The number of carbonyl (C=O) groups excluding carboxylic acids is 3. The van der Waals surface area contributed by atoms with Crippen LogP contribution in [0.5, 0.6) is 0 Å².